The second-order valence-corrected chi connectivity index (χ2v) is 3.22. The molecule has 0 atom stereocenters. The first-order valence-corrected chi connectivity index (χ1v) is 5.47. The van der Waals surface area contributed by atoms with Crippen LogP contribution in [-0.2, 0) is 6.42 Å². The first kappa shape index (κ1) is 10.1. The fraction of sp³-hybridized carbons (Fsp3) is 0.400. The number of nitrogens with zero attached hydrogens (tertiary/aromatic N) is 2. The molecule has 0 radical (unpaired) electrons. The summed E-state index contributed by atoms with van der Waals surface area (Å²) in [5.74, 6) is 0. The third-order valence-electron chi connectivity index (χ3n) is 1.61. The van der Waals surface area contributed by atoms with Crippen molar-refractivity contribution >= 4 is 21.7 Å². The van der Waals surface area contributed by atoms with Crippen LogP contribution in [-0.4, -0.2) is 9.97 Å². The summed E-state index contributed by atoms with van der Waals surface area (Å²) in [5, 5.41) is 0. The maximum atomic E-state index is 4.35. The minimum Gasteiger partial charge on any atom is -0.232 e. The van der Waals surface area contributed by atoms with Gasteiger partial charge < -0.3 is 0 Å². The zero-order valence-corrected chi connectivity index (χ0v) is 9.06. The maximum Gasteiger partial charge on any atom is 0.170 e. The molecule has 2 rings (SSSR count). The molecule has 0 fully saturated rings. The SMILES string of the molecule is CC.CCc1ccc2scnc2n1. The molecule has 0 amide bonds. The second-order valence-electron chi connectivity index (χ2n) is 2.33. The van der Waals surface area contributed by atoms with Crippen LogP contribution in [0.3, 0.4) is 0 Å². The Balaban J connectivity index is 0.000000396. The number of hydrogen-bond donors (Lipinski definition) is 0. The fourth-order valence-electron chi connectivity index (χ4n) is 0.989. The molecule has 0 aromatic carbocycles. The number of hydrogen-bond acceptors (Lipinski definition) is 3. The minimum atomic E-state index is 0.884. The van der Waals surface area contributed by atoms with Crippen LogP contribution in [0, 0.1) is 0 Å². The molecule has 2 aromatic heterocycles. The highest BCUT2D eigenvalue weighted by atomic mass is 32.1. The van der Waals surface area contributed by atoms with Crippen LogP contribution in [0.2, 0.25) is 0 Å². The van der Waals surface area contributed by atoms with Crippen LogP contribution in [0.15, 0.2) is 17.6 Å². The highest BCUT2D eigenvalue weighted by Gasteiger charge is 1.97. The Morgan fingerprint density at radius 1 is 1.31 bits per heavy atom. The van der Waals surface area contributed by atoms with E-state index in [9.17, 15) is 0 Å². The Labute approximate surface area is 82.7 Å². The zero-order chi connectivity index (χ0) is 9.68. The van der Waals surface area contributed by atoms with Crippen LogP contribution in [0.25, 0.3) is 10.3 Å². The van der Waals surface area contributed by atoms with Gasteiger partial charge in [0.05, 0.1) is 10.2 Å². The summed E-state index contributed by atoms with van der Waals surface area (Å²) < 4.78 is 1.17. The third-order valence-corrected chi connectivity index (χ3v) is 2.40. The van der Waals surface area contributed by atoms with E-state index in [-0.39, 0.29) is 0 Å². The molecule has 2 heterocycles. The lowest BCUT2D eigenvalue weighted by Crippen LogP contribution is -1.85. The Bertz CT molecular complexity index is 368. The molecule has 0 unspecified atom stereocenters. The molecule has 0 aliphatic heterocycles. The number of pyridine rings is 1. The molecular weight excluding hydrogens is 180 g/mol. The van der Waals surface area contributed by atoms with Crippen LogP contribution < -0.4 is 0 Å². The smallest absolute Gasteiger partial charge is 0.170 e. The van der Waals surface area contributed by atoms with E-state index in [1.165, 1.54) is 4.70 Å². The van der Waals surface area contributed by atoms with Crippen LogP contribution >= 0.6 is 11.3 Å². The number of fused-ring (bicyclic) bond motifs is 1. The normalized spacial score (nSPS) is 9.46. The van der Waals surface area contributed by atoms with Crippen molar-refractivity contribution in [3.8, 4) is 0 Å². The van der Waals surface area contributed by atoms with Crippen molar-refractivity contribution in [1.29, 1.82) is 0 Å². The van der Waals surface area contributed by atoms with Crippen molar-refractivity contribution in [1.82, 2.24) is 9.97 Å². The summed E-state index contributed by atoms with van der Waals surface area (Å²) in [6.07, 6.45) is 0.980. The maximum absolute atomic E-state index is 4.35. The Morgan fingerprint density at radius 3 is 2.77 bits per heavy atom. The van der Waals surface area contributed by atoms with E-state index in [0.717, 1.165) is 17.8 Å². The van der Waals surface area contributed by atoms with Gasteiger partial charge >= 0.3 is 0 Å². The molecule has 2 aromatic rings. The van der Waals surface area contributed by atoms with E-state index in [0.29, 0.717) is 0 Å². The molecule has 0 aliphatic carbocycles. The second kappa shape index (κ2) is 4.92. The molecule has 70 valence electrons. The molecule has 3 heteroatoms. The standard InChI is InChI=1S/C8H8N2S.C2H6/c1-2-6-3-4-7-8(10-6)9-5-11-7;1-2/h3-5H,2H2,1H3;1-2H3. The molecule has 0 saturated heterocycles. The number of thiazole rings is 1. The number of aryl methyl sites for hydroxylation is 1. The van der Waals surface area contributed by atoms with E-state index < -0.39 is 0 Å². The van der Waals surface area contributed by atoms with Gasteiger partial charge in [-0.2, -0.15) is 0 Å². The number of aromatic nitrogens is 2. The van der Waals surface area contributed by atoms with Crippen molar-refractivity contribution in [2.24, 2.45) is 0 Å². The summed E-state index contributed by atoms with van der Waals surface area (Å²) in [6.45, 7) is 6.10. The minimum absolute atomic E-state index is 0.884. The van der Waals surface area contributed by atoms with Crippen molar-refractivity contribution in [3.63, 3.8) is 0 Å². The van der Waals surface area contributed by atoms with Gasteiger partial charge in [0.2, 0.25) is 0 Å². The molecule has 0 bridgehead atoms. The van der Waals surface area contributed by atoms with Crippen molar-refractivity contribution < 1.29 is 0 Å². The topological polar surface area (TPSA) is 25.8 Å². The Morgan fingerprint density at radius 2 is 2.08 bits per heavy atom. The van der Waals surface area contributed by atoms with Gasteiger partial charge in [0.1, 0.15) is 0 Å². The van der Waals surface area contributed by atoms with Crippen molar-refractivity contribution in [2.75, 3.05) is 0 Å². The lowest BCUT2D eigenvalue weighted by atomic mass is 10.3. The van der Waals surface area contributed by atoms with Crippen LogP contribution in [0.4, 0.5) is 0 Å². The van der Waals surface area contributed by atoms with E-state index in [2.05, 4.69) is 29.0 Å². The first-order valence-electron chi connectivity index (χ1n) is 4.59. The first-order chi connectivity index (χ1) is 6.40. The summed E-state index contributed by atoms with van der Waals surface area (Å²) in [7, 11) is 0. The van der Waals surface area contributed by atoms with Gasteiger partial charge in [-0.05, 0) is 18.6 Å². The monoisotopic (exact) mass is 194 g/mol. The highest BCUT2D eigenvalue weighted by molar-refractivity contribution is 7.16. The van der Waals surface area contributed by atoms with Gasteiger partial charge in [0, 0.05) is 5.69 Å². The van der Waals surface area contributed by atoms with Gasteiger partial charge in [-0.1, -0.05) is 20.8 Å². The number of rotatable bonds is 1. The van der Waals surface area contributed by atoms with Gasteiger partial charge in [0.15, 0.2) is 5.65 Å². The molecule has 0 N–H and O–H groups in total. The summed E-state index contributed by atoms with van der Waals surface area (Å²) >= 11 is 1.63. The van der Waals surface area contributed by atoms with Crippen LogP contribution in [0.1, 0.15) is 26.5 Å². The lowest BCUT2D eigenvalue weighted by molar-refractivity contribution is 1.05. The van der Waals surface area contributed by atoms with E-state index in [4.69, 9.17) is 0 Å². The quantitative estimate of drug-likeness (QED) is 0.696. The molecule has 0 aliphatic rings. The fourth-order valence-corrected chi connectivity index (χ4v) is 1.61. The molecule has 0 saturated carbocycles. The molecule has 13 heavy (non-hydrogen) atoms. The Kier molecular flexibility index (Phi) is 3.83. The Hall–Kier alpha value is -0.960. The van der Waals surface area contributed by atoms with Gasteiger partial charge in [-0.3, -0.25) is 0 Å². The van der Waals surface area contributed by atoms with Gasteiger partial charge in [-0.15, -0.1) is 11.3 Å². The average molecular weight is 194 g/mol. The zero-order valence-electron chi connectivity index (χ0n) is 8.24. The molecular formula is C10H14N2S. The molecule has 2 nitrogen and oxygen atoms in total. The lowest BCUT2D eigenvalue weighted by Gasteiger charge is -1.92. The molecule has 0 spiro atoms. The van der Waals surface area contributed by atoms with Gasteiger partial charge in [0.25, 0.3) is 0 Å². The van der Waals surface area contributed by atoms with E-state index in [1.807, 2.05) is 19.4 Å². The predicted molar refractivity (Wildman–Crippen MR) is 58.1 cm³/mol. The van der Waals surface area contributed by atoms with Crippen LogP contribution in [0.5, 0.6) is 0 Å². The average Bonchev–Trinajstić information content (AvgIpc) is 2.67. The van der Waals surface area contributed by atoms with E-state index in [1.54, 1.807) is 11.3 Å². The predicted octanol–water partition coefficient (Wildman–Crippen LogP) is 3.28. The highest BCUT2D eigenvalue weighted by Crippen LogP contribution is 2.15. The summed E-state index contributed by atoms with van der Waals surface area (Å²) in [4.78, 5) is 8.49. The van der Waals surface area contributed by atoms with Crippen molar-refractivity contribution in [2.45, 2.75) is 27.2 Å². The largest absolute Gasteiger partial charge is 0.232 e. The summed E-state index contributed by atoms with van der Waals surface area (Å²) in [6, 6.07) is 4.14. The van der Waals surface area contributed by atoms with E-state index >= 15 is 0 Å². The van der Waals surface area contributed by atoms with Gasteiger partial charge in [-0.25, -0.2) is 9.97 Å². The summed E-state index contributed by atoms with van der Waals surface area (Å²) in [5.41, 5.74) is 3.83. The third kappa shape index (κ3) is 2.25. The van der Waals surface area contributed by atoms with Crippen molar-refractivity contribution in [3.05, 3.63) is 23.3 Å².